The summed E-state index contributed by atoms with van der Waals surface area (Å²) in [6.07, 6.45) is 0.271. The van der Waals surface area contributed by atoms with E-state index in [0.29, 0.717) is 12.0 Å². The fourth-order valence-electron chi connectivity index (χ4n) is 2.86. The number of halogens is 2. The lowest BCUT2D eigenvalue weighted by Crippen LogP contribution is -2.46. The molecule has 4 nitrogen and oxygen atoms in total. The molecule has 0 heterocycles. The van der Waals surface area contributed by atoms with Gasteiger partial charge in [0.15, 0.2) is 0 Å². The van der Waals surface area contributed by atoms with E-state index in [9.17, 15) is 23.5 Å². The number of nitrogens with one attached hydrogen (secondary N) is 1. The Morgan fingerprint density at radius 2 is 1.81 bits per heavy atom. The van der Waals surface area contributed by atoms with Gasteiger partial charge in [-0.15, -0.1) is 0 Å². The van der Waals surface area contributed by atoms with E-state index in [1.165, 1.54) is 0 Å². The highest BCUT2D eigenvalue weighted by molar-refractivity contribution is 5.83. The summed E-state index contributed by atoms with van der Waals surface area (Å²) in [5.41, 5.74) is -0.518. The zero-order valence-electron chi connectivity index (χ0n) is 14.5. The molecule has 0 fully saturated rings. The van der Waals surface area contributed by atoms with Crippen LogP contribution in [-0.2, 0) is 21.4 Å². The number of hydrogen-bond acceptors (Lipinski definition) is 2. The number of carboxylic acid groups (broad SMARTS) is 1. The molecule has 2 aromatic carbocycles. The molecule has 26 heavy (non-hydrogen) atoms. The number of carbonyl (C=O) groups is 2. The summed E-state index contributed by atoms with van der Waals surface area (Å²) >= 11 is 0. The maximum absolute atomic E-state index is 13.6. The Kier molecular flexibility index (Phi) is 6.44. The van der Waals surface area contributed by atoms with Crippen LogP contribution in [0.3, 0.4) is 0 Å². The Bertz CT molecular complexity index is 780. The van der Waals surface area contributed by atoms with Gasteiger partial charge in [0.25, 0.3) is 0 Å². The van der Waals surface area contributed by atoms with Crippen molar-refractivity contribution >= 4 is 11.9 Å². The Labute approximate surface area is 150 Å². The molecular weight excluding hydrogens is 340 g/mol. The molecule has 1 atom stereocenters. The average Bonchev–Trinajstić information content (AvgIpc) is 2.64. The molecule has 0 saturated carbocycles. The van der Waals surface area contributed by atoms with Gasteiger partial charge in [0.1, 0.15) is 17.0 Å². The fourth-order valence-corrected chi connectivity index (χ4v) is 2.86. The number of benzene rings is 2. The normalized spacial score (nSPS) is 13.0. The van der Waals surface area contributed by atoms with E-state index in [0.717, 1.165) is 18.2 Å². The molecule has 6 heteroatoms. The predicted molar refractivity (Wildman–Crippen MR) is 93.7 cm³/mol. The van der Waals surface area contributed by atoms with E-state index in [-0.39, 0.29) is 24.9 Å². The van der Waals surface area contributed by atoms with E-state index < -0.39 is 28.9 Å². The highest BCUT2D eigenvalue weighted by atomic mass is 19.1. The summed E-state index contributed by atoms with van der Waals surface area (Å²) < 4.78 is 26.8. The molecule has 0 bridgehead atoms. The fraction of sp³-hybridized carbons (Fsp3) is 0.300. The summed E-state index contributed by atoms with van der Waals surface area (Å²) in [7, 11) is 0. The Hall–Kier alpha value is -2.76. The number of aliphatic carboxylic acids is 1. The van der Waals surface area contributed by atoms with Crippen LogP contribution in [-0.4, -0.2) is 23.5 Å². The number of rotatable bonds is 8. The zero-order valence-corrected chi connectivity index (χ0v) is 14.5. The van der Waals surface area contributed by atoms with Gasteiger partial charge in [-0.3, -0.25) is 9.59 Å². The van der Waals surface area contributed by atoms with E-state index in [2.05, 4.69) is 5.32 Å². The molecule has 0 radical (unpaired) electrons. The topological polar surface area (TPSA) is 66.4 Å². The minimum atomic E-state index is -1.24. The van der Waals surface area contributed by atoms with Crippen molar-refractivity contribution in [3.8, 4) is 0 Å². The van der Waals surface area contributed by atoms with Crippen molar-refractivity contribution < 1.29 is 23.5 Å². The average molecular weight is 361 g/mol. The number of carboxylic acids is 1. The van der Waals surface area contributed by atoms with Gasteiger partial charge in [-0.25, -0.2) is 8.78 Å². The molecule has 2 N–H and O–H groups in total. The summed E-state index contributed by atoms with van der Waals surface area (Å²) in [5.74, 6) is -2.58. The molecular formula is C20H21F2NO3. The van der Waals surface area contributed by atoms with Gasteiger partial charge in [-0.2, -0.15) is 0 Å². The first-order chi connectivity index (χ1) is 12.4. The van der Waals surface area contributed by atoms with Crippen LogP contribution in [0.1, 0.15) is 30.9 Å². The largest absolute Gasteiger partial charge is 0.481 e. The third-order valence-corrected chi connectivity index (χ3v) is 4.56. The Morgan fingerprint density at radius 1 is 1.12 bits per heavy atom. The first-order valence-corrected chi connectivity index (χ1v) is 8.38. The van der Waals surface area contributed by atoms with Crippen LogP contribution in [0, 0.1) is 11.6 Å². The van der Waals surface area contributed by atoms with Gasteiger partial charge in [0.05, 0.1) is 0 Å². The lowest BCUT2D eigenvalue weighted by molar-refractivity contribution is -0.144. The van der Waals surface area contributed by atoms with Crippen molar-refractivity contribution in [3.05, 3.63) is 71.3 Å². The molecule has 0 spiro atoms. The van der Waals surface area contributed by atoms with Gasteiger partial charge in [-0.05, 0) is 42.2 Å². The summed E-state index contributed by atoms with van der Waals surface area (Å²) in [6, 6.07) is 11.8. The monoisotopic (exact) mass is 361 g/mol. The zero-order chi connectivity index (χ0) is 19.2. The molecule has 1 unspecified atom stereocenters. The number of amides is 1. The summed E-state index contributed by atoms with van der Waals surface area (Å²) in [5, 5.41) is 12.3. The van der Waals surface area contributed by atoms with Crippen molar-refractivity contribution in [2.45, 2.75) is 31.6 Å². The van der Waals surface area contributed by atoms with Crippen molar-refractivity contribution in [2.24, 2.45) is 0 Å². The first-order valence-electron chi connectivity index (χ1n) is 8.38. The van der Waals surface area contributed by atoms with Crippen molar-refractivity contribution in [3.63, 3.8) is 0 Å². The molecule has 138 valence electrons. The van der Waals surface area contributed by atoms with Crippen molar-refractivity contribution in [1.29, 1.82) is 0 Å². The van der Waals surface area contributed by atoms with E-state index in [1.807, 2.05) is 0 Å². The van der Waals surface area contributed by atoms with Gasteiger partial charge in [0.2, 0.25) is 5.91 Å². The second kappa shape index (κ2) is 8.56. The van der Waals surface area contributed by atoms with Crippen LogP contribution in [0.2, 0.25) is 0 Å². The predicted octanol–water partition coefficient (Wildman–Crippen LogP) is 3.45. The van der Waals surface area contributed by atoms with Crippen LogP contribution in [0.5, 0.6) is 0 Å². The second-order valence-corrected chi connectivity index (χ2v) is 6.12. The standard InChI is InChI=1S/C20H21F2NO3/c1-2-20(19(25)26,15-6-4-3-5-7-15)13-23-18(24)11-8-14-12-16(21)9-10-17(14)22/h3-7,9-10,12H,2,8,11,13H2,1H3,(H,23,24)(H,25,26). The first kappa shape index (κ1) is 19.6. The summed E-state index contributed by atoms with van der Waals surface area (Å²) in [6.45, 7) is 1.67. The summed E-state index contributed by atoms with van der Waals surface area (Å²) in [4.78, 5) is 24.0. The number of carbonyl (C=O) groups excluding carboxylic acids is 1. The van der Waals surface area contributed by atoms with E-state index >= 15 is 0 Å². The molecule has 0 aliphatic carbocycles. The molecule has 1 amide bonds. The highest BCUT2D eigenvalue weighted by Gasteiger charge is 2.38. The van der Waals surface area contributed by atoms with Crippen LogP contribution in [0.4, 0.5) is 8.78 Å². The maximum Gasteiger partial charge on any atom is 0.315 e. The molecule has 0 aliphatic heterocycles. The Morgan fingerprint density at radius 3 is 2.42 bits per heavy atom. The number of aryl methyl sites for hydroxylation is 1. The number of hydrogen-bond donors (Lipinski definition) is 2. The van der Waals surface area contributed by atoms with Crippen LogP contribution in [0.15, 0.2) is 48.5 Å². The van der Waals surface area contributed by atoms with Crippen molar-refractivity contribution in [2.75, 3.05) is 6.54 Å². The third-order valence-electron chi connectivity index (χ3n) is 4.56. The quantitative estimate of drug-likeness (QED) is 0.757. The van der Waals surface area contributed by atoms with Gasteiger partial charge < -0.3 is 10.4 Å². The molecule has 0 aliphatic rings. The molecule has 0 saturated heterocycles. The SMILES string of the molecule is CCC(CNC(=O)CCc1cc(F)ccc1F)(C(=O)O)c1ccccc1. The van der Waals surface area contributed by atoms with Gasteiger partial charge in [0, 0.05) is 13.0 Å². The smallest absolute Gasteiger partial charge is 0.315 e. The lowest BCUT2D eigenvalue weighted by Gasteiger charge is -2.29. The van der Waals surface area contributed by atoms with E-state index in [1.54, 1.807) is 37.3 Å². The van der Waals surface area contributed by atoms with Gasteiger partial charge >= 0.3 is 5.97 Å². The lowest BCUT2D eigenvalue weighted by atomic mass is 9.78. The second-order valence-electron chi connectivity index (χ2n) is 6.12. The highest BCUT2D eigenvalue weighted by Crippen LogP contribution is 2.28. The van der Waals surface area contributed by atoms with Crippen LogP contribution in [0.25, 0.3) is 0 Å². The minimum absolute atomic E-state index is 0.0347. The minimum Gasteiger partial charge on any atom is -0.481 e. The molecule has 0 aromatic heterocycles. The van der Waals surface area contributed by atoms with Crippen LogP contribution >= 0.6 is 0 Å². The van der Waals surface area contributed by atoms with Crippen LogP contribution < -0.4 is 5.32 Å². The van der Waals surface area contributed by atoms with Crippen molar-refractivity contribution in [1.82, 2.24) is 5.32 Å². The Balaban J connectivity index is 2.03. The van der Waals surface area contributed by atoms with Gasteiger partial charge in [-0.1, -0.05) is 37.3 Å². The van der Waals surface area contributed by atoms with E-state index in [4.69, 9.17) is 0 Å². The molecule has 2 rings (SSSR count). The molecule has 2 aromatic rings. The maximum atomic E-state index is 13.6. The third kappa shape index (κ3) is 4.45.